The maximum absolute atomic E-state index is 10.5. The molecule has 0 saturated carbocycles. The van der Waals surface area contributed by atoms with Crippen molar-refractivity contribution in [2.75, 3.05) is 0 Å². The highest BCUT2D eigenvalue weighted by molar-refractivity contribution is 5.90. The molecule has 0 fully saturated rings. The Hall–Kier alpha value is -1.89. The number of aryl methyl sites for hydroxylation is 1. The van der Waals surface area contributed by atoms with E-state index in [0.29, 0.717) is 5.56 Å². The van der Waals surface area contributed by atoms with Crippen LogP contribution in [0.1, 0.15) is 21.5 Å². The Bertz CT molecular complexity index is 366. The average molecular weight is 162 g/mol. The first-order valence-corrected chi connectivity index (χ1v) is 3.25. The Morgan fingerprint density at radius 1 is 1.67 bits per heavy atom. The number of carboxylic acids is 1. The summed E-state index contributed by atoms with van der Waals surface area (Å²) < 4.78 is 0. The van der Waals surface area contributed by atoms with Crippen molar-refractivity contribution in [1.29, 1.82) is 5.26 Å². The highest BCUT2D eigenvalue weighted by atomic mass is 16.4. The van der Waals surface area contributed by atoms with Crippen molar-refractivity contribution in [3.8, 4) is 6.07 Å². The minimum Gasteiger partial charge on any atom is -0.478 e. The molecular weight excluding hydrogens is 156 g/mol. The Labute approximate surface area is 69.1 Å². The van der Waals surface area contributed by atoms with Gasteiger partial charge in [-0.25, -0.2) is 4.79 Å². The molecule has 0 unspecified atom stereocenters. The van der Waals surface area contributed by atoms with Crippen LogP contribution in [0.5, 0.6) is 0 Å². The summed E-state index contributed by atoms with van der Waals surface area (Å²) in [5.41, 5.74) is 0.715. The number of nitrogens with zero attached hydrogens (tertiary/aromatic N) is 2. The molecule has 1 N–H and O–H groups in total. The van der Waals surface area contributed by atoms with Crippen molar-refractivity contribution in [3.63, 3.8) is 0 Å². The second-order valence-corrected chi connectivity index (χ2v) is 2.30. The number of hydrogen-bond donors (Lipinski definition) is 1. The summed E-state index contributed by atoms with van der Waals surface area (Å²) in [5.74, 6) is -1.12. The fourth-order valence-electron chi connectivity index (χ4n) is 0.876. The zero-order chi connectivity index (χ0) is 9.14. The van der Waals surface area contributed by atoms with Gasteiger partial charge < -0.3 is 5.11 Å². The van der Waals surface area contributed by atoms with Crippen LogP contribution in [0.4, 0.5) is 0 Å². The van der Waals surface area contributed by atoms with E-state index >= 15 is 0 Å². The smallest absolute Gasteiger partial charge is 0.338 e. The van der Waals surface area contributed by atoms with E-state index in [1.165, 1.54) is 12.4 Å². The normalized spacial score (nSPS) is 9.00. The molecule has 0 radical (unpaired) electrons. The lowest BCUT2D eigenvalue weighted by molar-refractivity contribution is 0.0696. The van der Waals surface area contributed by atoms with Gasteiger partial charge >= 0.3 is 5.97 Å². The molecule has 0 aliphatic heterocycles. The van der Waals surface area contributed by atoms with Crippen LogP contribution in [0.2, 0.25) is 0 Å². The third-order valence-electron chi connectivity index (χ3n) is 1.48. The maximum Gasteiger partial charge on any atom is 0.338 e. The number of rotatable bonds is 1. The standard InChI is InChI=1S/C8H6N2O2/c1-5-3-10-4-7(8(11)12)6(5)2-9/h3-4H,1H3,(H,11,12). The van der Waals surface area contributed by atoms with Gasteiger partial charge in [-0.2, -0.15) is 5.26 Å². The predicted octanol–water partition coefficient (Wildman–Crippen LogP) is 0.960. The molecule has 4 nitrogen and oxygen atoms in total. The second kappa shape index (κ2) is 3.01. The highest BCUT2D eigenvalue weighted by Gasteiger charge is 2.11. The largest absolute Gasteiger partial charge is 0.478 e. The predicted molar refractivity (Wildman–Crippen MR) is 40.6 cm³/mol. The number of nitriles is 1. The number of hydrogen-bond acceptors (Lipinski definition) is 3. The van der Waals surface area contributed by atoms with E-state index in [1.807, 2.05) is 6.07 Å². The minimum absolute atomic E-state index is 0.0440. The third kappa shape index (κ3) is 1.25. The molecule has 0 bridgehead atoms. The molecule has 1 heterocycles. The van der Waals surface area contributed by atoms with Crippen molar-refractivity contribution in [2.45, 2.75) is 6.92 Å². The van der Waals surface area contributed by atoms with Gasteiger partial charge in [0.15, 0.2) is 0 Å². The Morgan fingerprint density at radius 2 is 2.33 bits per heavy atom. The van der Waals surface area contributed by atoms with E-state index in [4.69, 9.17) is 10.4 Å². The molecule has 1 aromatic rings. The summed E-state index contributed by atoms with van der Waals surface area (Å²) in [7, 11) is 0. The Morgan fingerprint density at radius 3 is 2.75 bits per heavy atom. The average Bonchev–Trinajstić information content (AvgIpc) is 2.03. The van der Waals surface area contributed by atoms with Gasteiger partial charge in [-0.3, -0.25) is 4.98 Å². The van der Waals surface area contributed by atoms with Gasteiger partial charge in [0.05, 0.1) is 11.1 Å². The number of aromatic carboxylic acids is 1. The molecule has 0 atom stereocenters. The SMILES string of the molecule is Cc1cncc(C(=O)O)c1C#N. The molecule has 0 aliphatic rings. The monoisotopic (exact) mass is 162 g/mol. The van der Waals surface area contributed by atoms with Crippen molar-refractivity contribution in [1.82, 2.24) is 4.98 Å². The summed E-state index contributed by atoms with van der Waals surface area (Å²) in [6, 6.07) is 1.82. The molecule has 1 aromatic heterocycles. The van der Waals surface area contributed by atoms with Crippen LogP contribution in [0.25, 0.3) is 0 Å². The first kappa shape index (κ1) is 8.21. The first-order valence-electron chi connectivity index (χ1n) is 3.25. The van der Waals surface area contributed by atoms with Crippen LogP contribution < -0.4 is 0 Å². The molecule has 4 heteroatoms. The second-order valence-electron chi connectivity index (χ2n) is 2.30. The van der Waals surface area contributed by atoms with Crippen molar-refractivity contribution in [2.24, 2.45) is 0 Å². The van der Waals surface area contributed by atoms with Gasteiger partial charge in [0.25, 0.3) is 0 Å². The fraction of sp³-hybridized carbons (Fsp3) is 0.125. The van der Waals surface area contributed by atoms with Crippen LogP contribution in [0.15, 0.2) is 12.4 Å². The van der Waals surface area contributed by atoms with Crippen molar-refractivity contribution in [3.05, 3.63) is 29.1 Å². The number of aromatic nitrogens is 1. The summed E-state index contributed by atoms with van der Waals surface area (Å²) >= 11 is 0. The lowest BCUT2D eigenvalue weighted by Gasteiger charge is -1.98. The maximum atomic E-state index is 10.5. The zero-order valence-electron chi connectivity index (χ0n) is 6.40. The summed E-state index contributed by atoms with van der Waals surface area (Å²) in [6.45, 7) is 1.65. The fourth-order valence-corrected chi connectivity index (χ4v) is 0.876. The van der Waals surface area contributed by atoms with Crippen LogP contribution in [-0.4, -0.2) is 16.1 Å². The lowest BCUT2D eigenvalue weighted by atomic mass is 10.1. The molecular formula is C8H6N2O2. The Kier molecular flexibility index (Phi) is 2.06. The van der Waals surface area contributed by atoms with E-state index in [2.05, 4.69) is 4.98 Å². The van der Waals surface area contributed by atoms with E-state index < -0.39 is 5.97 Å². The van der Waals surface area contributed by atoms with E-state index in [9.17, 15) is 4.79 Å². The molecule has 0 aliphatic carbocycles. The zero-order valence-corrected chi connectivity index (χ0v) is 6.40. The van der Waals surface area contributed by atoms with E-state index in [0.717, 1.165) is 0 Å². The topological polar surface area (TPSA) is 74.0 Å². The summed E-state index contributed by atoms with van der Waals surface area (Å²) in [5, 5.41) is 17.2. The molecule has 0 amide bonds. The molecule has 0 spiro atoms. The first-order chi connectivity index (χ1) is 5.66. The highest BCUT2D eigenvalue weighted by Crippen LogP contribution is 2.10. The van der Waals surface area contributed by atoms with Gasteiger partial charge in [-0.05, 0) is 12.5 Å². The van der Waals surface area contributed by atoms with Gasteiger partial charge in [0.1, 0.15) is 6.07 Å². The summed E-state index contributed by atoms with van der Waals surface area (Å²) in [6.07, 6.45) is 2.64. The van der Waals surface area contributed by atoms with Gasteiger partial charge in [0, 0.05) is 12.4 Å². The van der Waals surface area contributed by atoms with Gasteiger partial charge in [-0.15, -0.1) is 0 Å². The molecule has 0 aromatic carbocycles. The van der Waals surface area contributed by atoms with Crippen LogP contribution in [-0.2, 0) is 0 Å². The van der Waals surface area contributed by atoms with Crippen LogP contribution >= 0.6 is 0 Å². The van der Waals surface area contributed by atoms with Gasteiger partial charge in [-0.1, -0.05) is 0 Å². The number of carbonyl (C=O) groups is 1. The van der Waals surface area contributed by atoms with Crippen LogP contribution in [0.3, 0.4) is 0 Å². The molecule has 12 heavy (non-hydrogen) atoms. The number of pyridine rings is 1. The Balaban J connectivity index is 3.40. The lowest BCUT2D eigenvalue weighted by Crippen LogP contribution is -2.02. The molecule has 1 rings (SSSR count). The molecule has 0 saturated heterocycles. The summed E-state index contributed by atoms with van der Waals surface area (Å²) in [4.78, 5) is 14.2. The van der Waals surface area contributed by atoms with Crippen molar-refractivity contribution < 1.29 is 9.90 Å². The van der Waals surface area contributed by atoms with Crippen LogP contribution in [0, 0.1) is 18.3 Å². The third-order valence-corrected chi connectivity index (χ3v) is 1.48. The van der Waals surface area contributed by atoms with Gasteiger partial charge in [0.2, 0.25) is 0 Å². The number of carboxylic acid groups (broad SMARTS) is 1. The van der Waals surface area contributed by atoms with E-state index in [1.54, 1.807) is 6.92 Å². The van der Waals surface area contributed by atoms with E-state index in [-0.39, 0.29) is 11.1 Å². The minimum atomic E-state index is -1.12. The quantitative estimate of drug-likeness (QED) is 0.667. The molecule has 60 valence electrons. The van der Waals surface area contributed by atoms with Crippen molar-refractivity contribution >= 4 is 5.97 Å².